The van der Waals surface area contributed by atoms with Crippen molar-refractivity contribution in [3.63, 3.8) is 0 Å². The van der Waals surface area contributed by atoms with Crippen LogP contribution in [0, 0.1) is 0 Å². The number of hydrogen-bond donors (Lipinski definition) is 2. The largest absolute Gasteiger partial charge is 0.370 e. The Balaban J connectivity index is 1.66. The number of nitrogens with one attached hydrogen (secondary N) is 1. The van der Waals surface area contributed by atoms with Crippen LogP contribution in [0.5, 0.6) is 0 Å². The molecule has 1 aromatic carbocycles. The van der Waals surface area contributed by atoms with Gasteiger partial charge in [-0.25, -0.2) is 0 Å². The van der Waals surface area contributed by atoms with Crippen molar-refractivity contribution in [1.82, 2.24) is 5.32 Å². The predicted molar refractivity (Wildman–Crippen MR) is 80.1 cm³/mol. The minimum Gasteiger partial charge on any atom is -0.370 e. The Hall–Kier alpha value is -1.49. The van der Waals surface area contributed by atoms with Crippen LogP contribution in [-0.4, -0.2) is 24.2 Å². The maximum Gasteiger partial charge on any atom is 0.217 e. The van der Waals surface area contributed by atoms with Crippen LogP contribution >= 0.6 is 11.8 Å². The smallest absolute Gasteiger partial charge is 0.217 e. The first-order valence-electron chi connectivity index (χ1n) is 6.54. The highest BCUT2D eigenvalue weighted by Crippen LogP contribution is 2.33. The molecule has 1 amide bonds. The van der Waals surface area contributed by atoms with Crippen LogP contribution in [-0.2, 0) is 4.79 Å². The van der Waals surface area contributed by atoms with E-state index < -0.39 is 0 Å². The molecule has 1 aromatic rings. The Morgan fingerprint density at radius 2 is 2.16 bits per heavy atom. The minimum atomic E-state index is -0.225. The molecule has 5 heteroatoms. The molecule has 4 nitrogen and oxygen atoms in total. The van der Waals surface area contributed by atoms with Gasteiger partial charge in [0.1, 0.15) is 0 Å². The molecule has 1 unspecified atom stereocenters. The van der Waals surface area contributed by atoms with Gasteiger partial charge in [0.2, 0.25) is 5.91 Å². The van der Waals surface area contributed by atoms with Crippen LogP contribution in [0.25, 0.3) is 0 Å². The van der Waals surface area contributed by atoms with Crippen molar-refractivity contribution in [2.45, 2.75) is 24.5 Å². The third kappa shape index (κ3) is 4.59. The third-order valence-electron chi connectivity index (χ3n) is 2.95. The fourth-order valence-electron chi connectivity index (χ4n) is 1.93. The van der Waals surface area contributed by atoms with Crippen LogP contribution < -0.4 is 11.1 Å². The van der Waals surface area contributed by atoms with E-state index in [4.69, 9.17) is 5.73 Å². The van der Waals surface area contributed by atoms with Crippen LogP contribution in [0.4, 0.5) is 0 Å². The van der Waals surface area contributed by atoms with E-state index in [1.54, 1.807) is 11.8 Å². The molecule has 102 valence electrons. The number of unbranched alkanes of at least 4 members (excludes halogenated alkanes) is 1. The van der Waals surface area contributed by atoms with Gasteiger partial charge >= 0.3 is 0 Å². The lowest BCUT2D eigenvalue weighted by Crippen LogP contribution is -2.20. The lowest BCUT2D eigenvalue weighted by Gasteiger charge is -2.09. The van der Waals surface area contributed by atoms with Gasteiger partial charge in [0.05, 0.1) is 11.8 Å². The van der Waals surface area contributed by atoms with Gasteiger partial charge in [-0.3, -0.25) is 9.79 Å². The van der Waals surface area contributed by atoms with Crippen LogP contribution in [0.15, 0.2) is 35.3 Å². The molecular weight excluding hydrogens is 258 g/mol. The SMILES string of the molecule is NC(=O)CCCCNC1=NCC(c2ccccc2)S1. The van der Waals surface area contributed by atoms with Gasteiger partial charge in [-0.2, -0.15) is 0 Å². The van der Waals surface area contributed by atoms with E-state index in [0.717, 1.165) is 31.1 Å². The summed E-state index contributed by atoms with van der Waals surface area (Å²) < 4.78 is 0. The van der Waals surface area contributed by atoms with Crippen molar-refractivity contribution in [3.05, 3.63) is 35.9 Å². The normalized spacial score (nSPS) is 18.1. The number of aliphatic imine (C=N–C) groups is 1. The molecule has 0 aliphatic carbocycles. The fraction of sp³-hybridized carbons (Fsp3) is 0.429. The monoisotopic (exact) mass is 277 g/mol. The lowest BCUT2D eigenvalue weighted by molar-refractivity contribution is -0.118. The number of primary amides is 1. The summed E-state index contributed by atoms with van der Waals surface area (Å²) in [6, 6.07) is 10.4. The molecule has 0 radical (unpaired) electrons. The zero-order valence-electron chi connectivity index (χ0n) is 10.8. The van der Waals surface area contributed by atoms with Crippen molar-refractivity contribution in [2.75, 3.05) is 13.1 Å². The van der Waals surface area contributed by atoms with Gasteiger partial charge in [0.15, 0.2) is 5.17 Å². The summed E-state index contributed by atoms with van der Waals surface area (Å²) in [5.41, 5.74) is 6.41. The average molecular weight is 277 g/mol. The van der Waals surface area contributed by atoms with Crippen molar-refractivity contribution in [1.29, 1.82) is 0 Å². The summed E-state index contributed by atoms with van der Waals surface area (Å²) in [5.74, 6) is -0.225. The van der Waals surface area contributed by atoms with Gasteiger partial charge in [-0.05, 0) is 18.4 Å². The molecule has 1 aliphatic rings. The Bertz CT molecular complexity index is 447. The molecular formula is C14H19N3OS. The van der Waals surface area contributed by atoms with Gasteiger partial charge in [-0.15, -0.1) is 0 Å². The highest BCUT2D eigenvalue weighted by Gasteiger charge is 2.20. The molecule has 1 atom stereocenters. The number of hydrogen-bond acceptors (Lipinski definition) is 4. The van der Waals surface area contributed by atoms with Gasteiger partial charge in [0.25, 0.3) is 0 Å². The van der Waals surface area contributed by atoms with E-state index in [1.807, 2.05) is 6.07 Å². The topological polar surface area (TPSA) is 67.5 Å². The first-order valence-corrected chi connectivity index (χ1v) is 7.42. The highest BCUT2D eigenvalue weighted by atomic mass is 32.2. The molecule has 2 rings (SSSR count). The molecule has 0 fully saturated rings. The number of benzene rings is 1. The summed E-state index contributed by atoms with van der Waals surface area (Å²) >= 11 is 1.78. The Labute approximate surface area is 117 Å². The van der Waals surface area contributed by atoms with E-state index in [-0.39, 0.29) is 5.91 Å². The first kappa shape index (κ1) is 13.9. The number of nitrogens with zero attached hydrogens (tertiary/aromatic N) is 1. The molecule has 3 N–H and O–H groups in total. The standard InChI is InChI=1S/C14H19N3OS/c15-13(18)8-4-5-9-16-14-17-10-12(19-14)11-6-2-1-3-7-11/h1-3,6-7,12H,4-5,8-10H2,(H2,15,18)(H,16,17). The average Bonchev–Trinajstić information content (AvgIpc) is 2.88. The van der Waals surface area contributed by atoms with Crippen molar-refractivity contribution in [2.24, 2.45) is 10.7 Å². The van der Waals surface area contributed by atoms with Crippen molar-refractivity contribution in [3.8, 4) is 0 Å². The van der Waals surface area contributed by atoms with Crippen molar-refractivity contribution >= 4 is 22.8 Å². The zero-order chi connectivity index (χ0) is 13.5. The summed E-state index contributed by atoms with van der Waals surface area (Å²) in [7, 11) is 0. The number of nitrogens with two attached hydrogens (primary N) is 1. The Morgan fingerprint density at radius 1 is 1.37 bits per heavy atom. The molecule has 19 heavy (non-hydrogen) atoms. The second-order valence-corrected chi connectivity index (χ2v) is 5.70. The molecule has 1 aliphatic heterocycles. The van der Waals surface area contributed by atoms with Gasteiger partial charge in [-0.1, -0.05) is 42.1 Å². The highest BCUT2D eigenvalue weighted by molar-refractivity contribution is 8.14. The van der Waals surface area contributed by atoms with Gasteiger partial charge < -0.3 is 11.1 Å². The number of thioether (sulfide) groups is 1. The Kier molecular flexibility index (Phi) is 5.27. The summed E-state index contributed by atoms with van der Waals surface area (Å²) in [5, 5.41) is 4.75. The first-order chi connectivity index (χ1) is 9.25. The number of rotatable bonds is 6. The number of amidine groups is 1. The van der Waals surface area contributed by atoms with Gasteiger partial charge in [0, 0.05) is 13.0 Å². The van der Waals surface area contributed by atoms with E-state index in [9.17, 15) is 4.79 Å². The van der Waals surface area contributed by atoms with Crippen molar-refractivity contribution < 1.29 is 4.79 Å². The third-order valence-corrected chi connectivity index (χ3v) is 4.15. The molecule has 0 bridgehead atoms. The number of carbonyl (C=O) groups is 1. The molecule has 0 spiro atoms. The van der Waals surface area contributed by atoms with Crippen LogP contribution in [0.2, 0.25) is 0 Å². The van der Waals surface area contributed by atoms with Crippen LogP contribution in [0.1, 0.15) is 30.1 Å². The molecule has 0 aromatic heterocycles. The molecule has 0 saturated carbocycles. The molecule has 0 saturated heterocycles. The second-order valence-electron chi connectivity index (χ2n) is 4.51. The van der Waals surface area contributed by atoms with E-state index in [2.05, 4.69) is 34.6 Å². The second kappa shape index (κ2) is 7.19. The fourth-order valence-corrected chi connectivity index (χ4v) is 2.98. The minimum absolute atomic E-state index is 0.225. The lowest BCUT2D eigenvalue weighted by atomic mass is 10.1. The number of amides is 1. The van der Waals surface area contributed by atoms with Crippen LogP contribution in [0.3, 0.4) is 0 Å². The summed E-state index contributed by atoms with van der Waals surface area (Å²) in [6.07, 6.45) is 2.24. The summed E-state index contributed by atoms with van der Waals surface area (Å²) in [4.78, 5) is 15.1. The quantitative estimate of drug-likeness (QED) is 0.782. The maximum absolute atomic E-state index is 10.6. The molecule has 1 heterocycles. The van der Waals surface area contributed by atoms with E-state index >= 15 is 0 Å². The number of carbonyl (C=O) groups excluding carboxylic acids is 1. The predicted octanol–water partition coefficient (Wildman–Crippen LogP) is 2.08. The zero-order valence-corrected chi connectivity index (χ0v) is 11.7. The maximum atomic E-state index is 10.6. The van der Waals surface area contributed by atoms with E-state index in [0.29, 0.717) is 11.7 Å². The Morgan fingerprint density at radius 3 is 2.89 bits per heavy atom. The van der Waals surface area contributed by atoms with E-state index in [1.165, 1.54) is 5.56 Å². The summed E-state index contributed by atoms with van der Waals surface area (Å²) in [6.45, 7) is 1.68.